The van der Waals surface area contributed by atoms with E-state index in [2.05, 4.69) is 5.32 Å². The maximum atomic E-state index is 14.2. The minimum absolute atomic E-state index is 0.0741. The number of hydrogen-bond donors (Lipinski definition) is 1. The van der Waals surface area contributed by atoms with Crippen molar-refractivity contribution >= 4 is 50.7 Å². The number of benzene rings is 3. The second-order valence-electron chi connectivity index (χ2n) is 11.1. The molecule has 1 aliphatic rings. The molecule has 3 aromatic carbocycles. The van der Waals surface area contributed by atoms with Crippen LogP contribution in [0.15, 0.2) is 72.8 Å². The van der Waals surface area contributed by atoms with E-state index in [0.29, 0.717) is 21.0 Å². The van der Waals surface area contributed by atoms with Crippen LogP contribution in [0.5, 0.6) is 0 Å². The highest BCUT2D eigenvalue weighted by molar-refractivity contribution is 7.92. The third-order valence-electron chi connectivity index (χ3n) is 7.69. The highest BCUT2D eigenvalue weighted by atomic mass is 35.5. The molecule has 0 saturated heterocycles. The van der Waals surface area contributed by atoms with Gasteiger partial charge in [-0.1, -0.05) is 84.9 Å². The van der Waals surface area contributed by atoms with E-state index in [9.17, 15) is 31.2 Å². The number of halogens is 5. The lowest BCUT2D eigenvalue weighted by Crippen LogP contribution is -2.55. The van der Waals surface area contributed by atoms with Gasteiger partial charge in [-0.2, -0.15) is 13.2 Å². The minimum atomic E-state index is -4.86. The molecule has 1 atom stereocenters. The smallest absolute Gasteiger partial charge is 0.352 e. The van der Waals surface area contributed by atoms with Crippen molar-refractivity contribution in [3.8, 4) is 0 Å². The van der Waals surface area contributed by atoms with Crippen molar-refractivity contribution in [2.45, 2.75) is 63.3 Å². The van der Waals surface area contributed by atoms with Crippen LogP contribution in [0, 0.1) is 0 Å². The molecule has 0 heterocycles. The van der Waals surface area contributed by atoms with E-state index in [-0.39, 0.29) is 19.0 Å². The lowest BCUT2D eigenvalue weighted by molar-refractivity contribution is -0.140. The lowest BCUT2D eigenvalue weighted by Gasteiger charge is -2.35. The molecule has 7 nitrogen and oxygen atoms in total. The second kappa shape index (κ2) is 14.9. The topological polar surface area (TPSA) is 86.8 Å². The predicted molar refractivity (Wildman–Crippen MR) is 170 cm³/mol. The van der Waals surface area contributed by atoms with Crippen LogP contribution in [-0.4, -0.2) is 50.0 Å². The minimum Gasteiger partial charge on any atom is -0.352 e. The Balaban J connectivity index is 1.76. The Hall–Kier alpha value is -3.28. The number of hydrogen-bond acceptors (Lipinski definition) is 4. The summed E-state index contributed by atoms with van der Waals surface area (Å²) >= 11 is 12.0. The molecule has 45 heavy (non-hydrogen) atoms. The highest BCUT2D eigenvalue weighted by Crippen LogP contribution is 2.37. The Morgan fingerprint density at radius 1 is 0.933 bits per heavy atom. The summed E-state index contributed by atoms with van der Waals surface area (Å²) in [5, 5.41) is 2.87. The number of nitrogens with one attached hydrogen (secondary N) is 1. The van der Waals surface area contributed by atoms with Crippen LogP contribution in [0.4, 0.5) is 18.9 Å². The summed E-state index contributed by atoms with van der Waals surface area (Å²) in [7, 11) is -4.28. The fourth-order valence-electron chi connectivity index (χ4n) is 5.43. The molecule has 3 aromatic rings. The van der Waals surface area contributed by atoms with Crippen LogP contribution >= 0.6 is 23.2 Å². The normalized spacial score (nSPS) is 14.9. The van der Waals surface area contributed by atoms with Crippen LogP contribution in [0.1, 0.15) is 48.8 Å². The third kappa shape index (κ3) is 9.61. The van der Waals surface area contributed by atoms with Gasteiger partial charge < -0.3 is 10.2 Å². The van der Waals surface area contributed by atoms with E-state index in [1.807, 2.05) is 18.2 Å². The van der Waals surface area contributed by atoms with E-state index in [1.54, 1.807) is 36.4 Å². The Kier molecular flexibility index (Phi) is 11.4. The molecule has 0 aliphatic heterocycles. The molecule has 1 N–H and O–H groups in total. The molecule has 1 saturated carbocycles. The molecule has 0 spiro atoms. The summed E-state index contributed by atoms with van der Waals surface area (Å²) in [6, 6.07) is 17.2. The summed E-state index contributed by atoms with van der Waals surface area (Å²) in [6.07, 6.45) is 0.633. The van der Waals surface area contributed by atoms with Gasteiger partial charge in [-0.05, 0) is 54.3 Å². The van der Waals surface area contributed by atoms with Crippen molar-refractivity contribution < 1.29 is 31.2 Å². The number of carbonyl (C=O) groups is 2. The predicted octanol–water partition coefficient (Wildman–Crippen LogP) is 6.87. The molecule has 4 rings (SSSR count). The lowest BCUT2D eigenvalue weighted by atomic mass is 9.94. The Morgan fingerprint density at radius 3 is 2.22 bits per heavy atom. The van der Waals surface area contributed by atoms with Gasteiger partial charge in [-0.15, -0.1) is 0 Å². The first-order valence-corrected chi connectivity index (χ1v) is 17.1. The van der Waals surface area contributed by atoms with Crippen LogP contribution in [-0.2, 0) is 38.8 Å². The summed E-state index contributed by atoms with van der Waals surface area (Å²) in [5.41, 5.74) is -0.294. The third-order valence-corrected chi connectivity index (χ3v) is 9.39. The van der Waals surface area contributed by atoms with Crippen LogP contribution < -0.4 is 9.62 Å². The van der Waals surface area contributed by atoms with E-state index in [1.165, 1.54) is 4.90 Å². The van der Waals surface area contributed by atoms with Gasteiger partial charge in [0.25, 0.3) is 0 Å². The monoisotopic (exact) mass is 683 g/mol. The fraction of sp³-hybridized carbons (Fsp3) is 0.375. The summed E-state index contributed by atoms with van der Waals surface area (Å²) < 4.78 is 67.5. The van der Waals surface area contributed by atoms with Crippen molar-refractivity contribution in [2.75, 3.05) is 17.1 Å². The molecule has 13 heteroatoms. The average molecular weight is 685 g/mol. The Bertz CT molecular complexity index is 1600. The number of amides is 2. The number of carbonyl (C=O) groups excluding carboxylic acids is 2. The van der Waals surface area contributed by atoms with Crippen LogP contribution in [0.25, 0.3) is 0 Å². The second-order valence-corrected chi connectivity index (χ2v) is 13.9. The summed E-state index contributed by atoms with van der Waals surface area (Å²) in [5.74, 6) is -1.19. The highest BCUT2D eigenvalue weighted by Gasteiger charge is 2.37. The molecule has 0 bridgehead atoms. The number of sulfonamides is 1. The summed E-state index contributed by atoms with van der Waals surface area (Å²) in [4.78, 5) is 29.4. The van der Waals surface area contributed by atoms with E-state index in [4.69, 9.17) is 23.2 Å². The number of alkyl halides is 3. The molecule has 1 fully saturated rings. The first kappa shape index (κ1) is 34.6. The van der Waals surface area contributed by atoms with Gasteiger partial charge >= 0.3 is 6.18 Å². The summed E-state index contributed by atoms with van der Waals surface area (Å²) in [6.45, 7) is -0.971. The van der Waals surface area contributed by atoms with Gasteiger partial charge in [0.1, 0.15) is 12.6 Å². The Morgan fingerprint density at radius 2 is 1.60 bits per heavy atom. The first-order valence-electron chi connectivity index (χ1n) is 14.4. The molecular weight excluding hydrogens is 650 g/mol. The molecule has 0 aromatic heterocycles. The molecular formula is C32H34Cl2F3N3O4S. The van der Waals surface area contributed by atoms with Gasteiger partial charge in [0.2, 0.25) is 21.8 Å². The van der Waals surface area contributed by atoms with Crippen LogP contribution in [0.2, 0.25) is 10.0 Å². The zero-order valence-electron chi connectivity index (χ0n) is 24.6. The van der Waals surface area contributed by atoms with Crippen LogP contribution in [0.3, 0.4) is 0 Å². The molecule has 0 radical (unpaired) electrons. The maximum Gasteiger partial charge on any atom is 0.417 e. The van der Waals surface area contributed by atoms with Gasteiger partial charge in [0.05, 0.1) is 22.5 Å². The van der Waals surface area contributed by atoms with Crippen molar-refractivity contribution in [1.82, 2.24) is 10.2 Å². The molecule has 0 unspecified atom stereocenters. The standard InChI is InChI=1S/C32H34Cl2F3N3O4S/c1-45(43,44)40(26-15-16-28(34)27(19-26)32(35,36)37)21-30(41)39(20-23-11-8-12-24(33)17-23)29(18-22-9-4-2-5-10-22)31(42)38-25-13-6-3-7-14-25/h2,4-5,8-12,15-17,19,25,29H,3,6-7,13-14,18,20-21H2,1H3,(H,38,42)/t29-/m1/s1. The zero-order chi connectivity index (χ0) is 32.8. The zero-order valence-corrected chi connectivity index (χ0v) is 26.9. The van der Waals surface area contributed by atoms with Crippen molar-refractivity contribution in [1.29, 1.82) is 0 Å². The van der Waals surface area contributed by atoms with Gasteiger partial charge in [0, 0.05) is 24.0 Å². The van der Waals surface area contributed by atoms with E-state index in [0.717, 1.165) is 56.1 Å². The first-order chi connectivity index (χ1) is 21.2. The quantitative estimate of drug-likeness (QED) is 0.239. The fourth-order valence-corrected chi connectivity index (χ4v) is 6.71. The average Bonchev–Trinajstić information content (AvgIpc) is 2.98. The van der Waals surface area contributed by atoms with E-state index < -0.39 is 56.9 Å². The molecule has 2 amide bonds. The SMILES string of the molecule is CS(=O)(=O)N(CC(=O)N(Cc1cccc(Cl)c1)[C@H](Cc1ccccc1)C(=O)NC1CCCCC1)c1ccc(Cl)c(C(F)(F)F)c1. The van der Waals surface area contributed by atoms with Crippen molar-refractivity contribution in [3.05, 3.63) is 99.5 Å². The largest absolute Gasteiger partial charge is 0.417 e. The number of anilines is 1. The number of nitrogens with zero attached hydrogens (tertiary/aromatic N) is 2. The molecule has 242 valence electrons. The number of rotatable bonds is 11. The van der Waals surface area contributed by atoms with Gasteiger partial charge in [-0.3, -0.25) is 13.9 Å². The maximum absolute atomic E-state index is 14.2. The van der Waals surface area contributed by atoms with Crippen molar-refractivity contribution in [2.24, 2.45) is 0 Å². The van der Waals surface area contributed by atoms with Gasteiger partial charge in [0.15, 0.2) is 0 Å². The Labute approximate surface area is 271 Å². The van der Waals surface area contributed by atoms with Crippen molar-refractivity contribution in [3.63, 3.8) is 0 Å². The molecule has 1 aliphatic carbocycles. The van der Waals surface area contributed by atoms with Gasteiger partial charge in [-0.25, -0.2) is 8.42 Å². The van der Waals surface area contributed by atoms with E-state index >= 15 is 0 Å².